The van der Waals surface area contributed by atoms with E-state index in [0.29, 0.717) is 18.5 Å². The fourth-order valence-corrected chi connectivity index (χ4v) is 3.85. The van der Waals surface area contributed by atoms with Gasteiger partial charge in [0.2, 0.25) is 5.91 Å². The van der Waals surface area contributed by atoms with E-state index in [1.165, 1.54) is 0 Å². The van der Waals surface area contributed by atoms with Gasteiger partial charge in [0.1, 0.15) is 12.4 Å². The molecular weight excluding hydrogens is 412 g/mol. The molecule has 0 aliphatic heterocycles. The minimum absolute atomic E-state index is 0.0861. The molecule has 0 unspecified atom stereocenters. The second-order valence-corrected chi connectivity index (χ2v) is 8.12. The number of para-hydroxylation sites is 2. The molecule has 2 amide bonds. The van der Waals surface area contributed by atoms with Crippen molar-refractivity contribution in [3.63, 3.8) is 0 Å². The third kappa shape index (κ3) is 5.29. The quantitative estimate of drug-likeness (QED) is 0.392. The highest BCUT2D eigenvalue weighted by Gasteiger charge is 2.15. The Kier molecular flexibility index (Phi) is 6.83. The lowest BCUT2D eigenvalue weighted by atomic mass is 10.1. The van der Waals surface area contributed by atoms with Gasteiger partial charge in [0.05, 0.1) is 11.0 Å². The summed E-state index contributed by atoms with van der Waals surface area (Å²) in [6.45, 7) is 4.75. The number of aromatic nitrogens is 2. The van der Waals surface area contributed by atoms with Crippen LogP contribution in [0.15, 0.2) is 72.8 Å². The molecule has 168 valence electrons. The van der Waals surface area contributed by atoms with Crippen LogP contribution in [0.5, 0.6) is 0 Å². The molecular formula is C27H28N4O2. The van der Waals surface area contributed by atoms with Gasteiger partial charge in [-0.3, -0.25) is 9.59 Å². The van der Waals surface area contributed by atoms with Crippen molar-refractivity contribution in [2.75, 3.05) is 11.9 Å². The molecule has 4 aromatic rings. The van der Waals surface area contributed by atoms with Crippen molar-refractivity contribution in [3.8, 4) is 0 Å². The number of benzene rings is 3. The van der Waals surface area contributed by atoms with Crippen LogP contribution in [-0.2, 0) is 17.8 Å². The predicted octanol–water partition coefficient (Wildman–Crippen LogP) is 4.65. The Morgan fingerprint density at radius 1 is 0.909 bits per heavy atom. The van der Waals surface area contributed by atoms with Crippen LogP contribution in [0.1, 0.15) is 33.7 Å². The van der Waals surface area contributed by atoms with Crippen molar-refractivity contribution in [1.29, 1.82) is 0 Å². The number of nitrogens with zero attached hydrogens (tertiary/aromatic N) is 2. The van der Waals surface area contributed by atoms with Crippen LogP contribution in [-0.4, -0.2) is 27.9 Å². The number of fused-ring (bicyclic) bond motifs is 1. The zero-order valence-electron chi connectivity index (χ0n) is 19.0. The maximum atomic E-state index is 12.9. The number of rotatable bonds is 8. The molecule has 0 saturated carbocycles. The first-order valence-electron chi connectivity index (χ1n) is 11.2. The first kappa shape index (κ1) is 22.3. The Bertz CT molecular complexity index is 1280. The monoisotopic (exact) mass is 440 g/mol. The Hall–Kier alpha value is -3.93. The fraction of sp³-hybridized carbons (Fsp3) is 0.222. The molecule has 6 nitrogen and oxygen atoms in total. The summed E-state index contributed by atoms with van der Waals surface area (Å²) in [5.41, 5.74) is 5.47. The minimum Gasteiger partial charge on any atom is -0.352 e. The van der Waals surface area contributed by atoms with E-state index in [1.54, 1.807) is 12.1 Å². The van der Waals surface area contributed by atoms with Crippen molar-refractivity contribution in [2.24, 2.45) is 0 Å². The average Bonchev–Trinajstić information content (AvgIpc) is 3.17. The standard InChI is InChI=1S/C27H28N4O2/c1-19-10-8-14-22(20(19)2)30-26(32)18-31-24-15-7-6-13-23(24)29-25(31)16-9-17-28-27(33)21-11-4-3-5-12-21/h3-8,10-15H,9,16-18H2,1-2H3,(H,28,33)(H,30,32). The van der Waals surface area contributed by atoms with Gasteiger partial charge in [-0.15, -0.1) is 0 Å². The predicted molar refractivity (Wildman–Crippen MR) is 131 cm³/mol. The van der Waals surface area contributed by atoms with E-state index in [9.17, 15) is 9.59 Å². The number of anilines is 1. The smallest absolute Gasteiger partial charge is 0.251 e. The van der Waals surface area contributed by atoms with E-state index in [1.807, 2.05) is 79.1 Å². The van der Waals surface area contributed by atoms with E-state index >= 15 is 0 Å². The first-order valence-corrected chi connectivity index (χ1v) is 11.2. The second kappa shape index (κ2) is 10.1. The molecule has 4 rings (SSSR count). The van der Waals surface area contributed by atoms with Gasteiger partial charge < -0.3 is 15.2 Å². The zero-order chi connectivity index (χ0) is 23.2. The lowest BCUT2D eigenvalue weighted by Crippen LogP contribution is -2.25. The maximum Gasteiger partial charge on any atom is 0.251 e. The van der Waals surface area contributed by atoms with Crippen LogP contribution in [0, 0.1) is 13.8 Å². The third-order valence-corrected chi connectivity index (χ3v) is 5.81. The van der Waals surface area contributed by atoms with E-state index < -0.39 is 0 Å². The number of nitrogens with one attached hydrogen (secondary N) is 2. The molecule has 0 fully saturated rings. The second-order valence-electron chi connectivity index (χ2n) is 8.12. The minimum atomic E-state index is -0.0921. The average molecular weight is 441 g/mol. The van der Waals surface area contributed by atoms with Crippen LogP contribution in [0.4, 0.5) is 5.69 Å². The summed E-state index contributed by atoms with van der Waals surface area (Å²) in [7, 11) is 0. The fourth-order valence-electron chi connectivity index (χ4n) is 3.85. The van der Waals surface area contributed by atoms with E-state index in [0.717, 1.165) is 40.1 Å². The number of hydrogen-bond donors (Lipinski definition) is 2. The third-order valence-electron chi connectivity index (χ3n) is 5.81. The van der Waals surface area contributed by atoms with E-state index in [4.69, 9.17) is 4.98 Å². The summed E-state index contributed by atoms with van der Waals surface area (Å²) in [5.74, 6) is 0.656. The van der Waals surface area contributed by atoms with E-state index in [-0.39, 0.29) is 18.4 Å². The molecule has 2 N–H and O–H groups in total. The van der Waals surface area contributed by atoms with Gasteiger partial charge in [-0.1, -0.05) is 42.5 Å². The normalized spacial score (nSPS) is 10.8. The molecule has 0 saturated heterocycles. The number of amides is 2. The molecule has 3 aromatic carbocycles. The van der Waals surface area contributed by atoms with Gasteiger partial charge in [0, 0.05) is 24.2 Å². The number of imidazole rings is 1. The van der Waals surface area contributed by atoms with Gasteiger partial charge in [-0.25, -0.2) is 4.98 Å². The van der Waals surface area contributed by atoms with Gasteiger partial charge >= 0.3 is 0 Å². The molecule has 0 aliphatic rings. The number of carbonyl (C=O) groups excluding carboxylic acids is 2. The molecule has 0 spiro atoms. The molecule has 0 bridgehead atoms. The van der Waals surface area contributed by atoms with Crippen LogP contribution in [0.3, 0.4) is 0 Å². The molecule has 33 heavy (non-hydrogen) atoms. The molecule has 1 aromatic heterocycles. The maximum absolute atomic E-state index is 12.9. The molecule has 6 heteroatoms. The summed E-state index contributed by atoms with van der Waals surface area (Å²) in [5, 5.41) is 5.99. The summed E-state index contributed by atoms with van der Waals surface area (Å²) >= 11 is 0. The molecule has 0 aliphatic carbocycles. The first-order chi connectivity index (χ1) is 16.0. The van der Waals surface area contributed by atoms with Gasteiger partial charge in [0.15, 0.2) is 0 Å². The summed E-state index contributed by atoms with van der Waals surface area (Å²) < 4.78 is 1.97. The summed E-state index contributed by atoms with van der Waals surface area (Å²) in [6.07, 6.45) is 1.38. The Morgan fingerprint density at radius 2 is 1.67 bits per heavy atom. The summed E-state index contributed by atoms with van der Waals surface area (Å²) in [4.78, 5) is 29.9. The SMILES string of the molecule is Cc1cccc(NC(=O)Cn2c(CCCNC(=O)c3ccccc3)nc3ccccc32)c1C. The number of hydrogen-bond acceptors (Lipinski definition) is 3. The Morgan fingerprint density at radius 3 is 2.48 bits per heavy atom. The van der Waals surface area contributed by atoms with Crippen LogP contribution in [0.25, 0.3) is 11.0 Å². The number of carbonyl (C=O) groups is 2. The van der Waals surface area contributed by atoms with Crippen molar-refractivity contribution in [3.05, 3.63) is 95.3 Å². The lowest BCUT2D eigenvalue weighted by Gasteiger charge is -2.13. The van der Waals surface area contributed by atoms with Crippen LogP contribution < -0.4 is 10.6 Å². The largest absolute Gasteiger partial charge is 0.352 e. The Labute approximate surface area is 193 Å². The zero-order valence-corrected chi connectivity index (χ0v) is 19.0. The van der Waals surface area contributed by atoms with Crippen LogP contribution >= 0.6 is 0 Å². The summed E-state index contributed by atoms with van der Waals surface area (Å²) in [6, 6.07) is 22.9. The highest BCUT2D eigenvalue weighted by atomic mass is 16.2. The van der Waals surface area contributed by atoms with Crippen LogP contribution in [0.2, 0.25) is 0 Å². The Balaban J connectivity index is 1.43. The van der Waals surface area contributed by atoms with Gasteiger partial charge in [0.25, 0.3) is 5.91 Å². The van der Waals surface area contributed by atoms with Crippen molar-refractivity contribution in [2.45, 2.75) is 33.2 Å². The number of aryl methyl sites for hydroxylation is 2. The highest BCUT2D eigenvalue weighted by molar-refractivity contribution is 5.94. The van der Waals surface area contributed by atoms with Gasteiger partial charge in [-0.2, -0.15) is 0 Å². The van der Waals surface area contributed by atoms with Gasteiger partial charge in [-0.05, 0) is 61.7 Å². The molecule has 1 heterocycles. The topological polar surface area (TPSA) is 76.0 Å². The molecule has 0 radical (unpaired) electrons. The molecule has 0 atom stereocenters. The highest BCUT2D eigenvalue weighted by Crippen LogP contribution is 2.20. The van der Waals surface area contributed by atoms with Crippen molar-refractivity contribution >= 4 is 28.5 Å². The van der Waals surface area contributed by atoms with Crippen molar-refractivity contribution < 1.29 is 9.59 Å². The van der Waals surface area contributed by atoms with E-state index in [2.05, 4.69) is 10.6 Å². The lowest BCUT2D eigenvalue weighted by molar-refractivity contribution is -0.116. The van der Waals surface area contributed by atoms with Crippen molar-refractivity contribution in [1.82, 2.24) is 14.9 Å².